The molecule has 0 aliphatic heterocycles. The highest BCUT2D eigenvalue weighted by Crippen LogP contribution is 2.17. The van der Waals surface area contributed by atoms with E-state index in [-0.39, 0.29) is 18.1 Å². The highest BCUT2D eigenvalue weighted by Gasteiger charge is 2.17. The summed E-state index contributed by atoms with van der Waals surface area (Å²) in [6.45, 7) is 1.64. The standard InChI is InChI=1S/C15H12N2O3S/c1-9-6-7-13(21-9)12(18)8-20-15(19)14-10-4-2-3-5-11(10)16-17-14/h2-7H,8H2,1H3,(H,16,17). The number of ether oxygens (including phenoxy) is 1. The maximum atomic E-state index is 12.0. The average Bonchev–Trinajstić information content (AvgIpc) is 3.10. The molecule has 0 saturated heterocycles. The molecule has 0 saturated carbocycles. The molecular weight excluding hydrogens is 288 g/mol. The van der Waals surface area contributed by atoms with Gasteiger partial charge in [0.25, 0.3) is 0 Å². The molecule has 3 rings (SSSR count). The van der Waals surface area contributed by atoms with Crippen LogP contribution in [0.1, 0.15) is 25.0 Å². The summed E-state index contributed by atoms with van der Waals surface area (Å²) in [5, 5.41) is 7.38. The molecule has 0 fully saturated rings. The van der Waals surface area contributed by atoms with Crippen molar-refractivity contribution in [1.82, 2.24) is 10.2 Å². The number of H-pyrrole nitrogens is 1. The molecular formula is C15H12N2O3S. The van der Waals surface area contributed by atoms with Crippen LogP contribution in [-0.2, 0) is 4.74 Å². The van der Waals surface area contributed by atoms with Crippen LogP contribution in [0, 0.1) is 6.92 Å². The van der Waals surface area contributed by atoms with Crippen molar-refractivity contribution in [2.75, 3.05) is 6.61 Å². The highest BCUT2D eigenvalue weighted by molar-refractivity contribution is 7.14. The second kappa shape index (κ2) is 5.49. The van der Waals surface area contributed by atoms with E-state index >= 15 is 0 Å². The lowest BCUT2D eigenvalue weighted by Gasteiger charge is -2.01. The second-order valence-corrected chi connectivity index (χ2v) is 5.82. The number of hydrogen-bond donors (Lipinski definition) is 1. The first kappa shape index (κ1) is 13.5. The van der Waals surface area contributed by atoms with Gasteiger partial charge in [-0.2, -0.15) is 5.10 Å². The molecule has 21 heavy (non-hydrogen) atoms. The Morgan fingerprint density at radius 1 is 1.24 bits per heavy atom. The molecule has 0 atom stereocenters. The molecule has 0 spiro atoms. The number of hydrogen-bond acceptors (Lipinski definition) is 5. The van der Waals surface area contributed by atoms with Gasteiger partial charge in [-0.1, -0.05) is 18.2 Å². The van der Waals surface area contributed by atoms with Crippen molar-refractivity contribution < 1.29 is 14.3 Å². The Labute approximate surface area is 124 Å². The van der Waals surface area contributed by atoms with Crippen LogP contribution in [-0.4, -0.2) is 28.6 Å². The first-order valence-electron chi connectivity index (χ1n) is 6.35. The SMILES string of the molecule is Cc1ccc(C(=O)COC(=O)c2n[nH]c3ccccc23)s1. The van der Waals surface area contributed by atoms with Crippen molar-refractivity contribution in [2.24, 2.45) is 0 Å². The van der Waals surface area contributed by atoms with Gasteiger partial charge in [0.2, 0.25) is 5.78 Å². The number of nitrogens with zero attached hydrogens (tertiary/aromatic N) is 1. The van der Waals surface area contributed by atoms with Crippen LogP contribution in [0.25, 0.3) is 10.9 Å². The summed E-state index contributed by atoms with van der Waals surface area (Å²) < 4.78 is 5.06. The number of carbonyl (C=O) groups excluding carboxylic acids is 2. The minimum absolute atomic E-state index is 0.195. The minimum Gasteiger partial charge on any atom is -0.452 e. The summed E-state index contributed by atoms with van der Waals surface area (Å²) in [4.78, 5) is 25.5. The van der Waals surface area contributed by atoms with Crippen LogP contribution in [0.2, 0.25) is 0 Å². The van der Waals surface area contributed by atoms with Crippen molar-refractivity contribution in [3.63, 3.8) is 0 Å². The van der Waals surface area contributed by atoms with Crippen LogP contribution < -0.4 is 0 Å². The lowest BCUT2D eigenvalue weighted by Crippen LogP contribution is -2.14. The summed E-state index contributed by atoms with van der Waals surface area (Å²) in [7, 11) is 0. The van der Waals surface area contributed by atoms with Gasteiger partial charge in [-0.15, -0.1) is 11.3 Å². The van der Waals surface area contributed by atoms with E-state index in [1.54, 1.807) is 12.1 Å². The number of esters is 1. The van der Waals surface area contributed by atoms with E-state index in [0.717, 1.165) is 10.4 Å². The van der Waals surface area contributed by atoms with Crippen LogP contribution in [0.15, 0.2) is 36.4 Å². The lowest BCUT2D eigenvalue weighted by molar-refractivity contribution is 0.0472. The number of benzene rings is 1. The molecule has 1 N–H and O–H groups in total. The Kier molecular flexibility index (Phi) is 3.53. The Bertz CT molecular complexity index is 819. The van der Waals surface area contributed by atoms with Crippen molar-refractivity contribution in [1.29, 1.82) is 0 Å². The fourth-order valence-corrected chi connectivity index (χ4v) is 2.77. The van der Waals surface area contributed by atoms with Gasteiger partial charge in [0.15, 0.2) is 12.3 Å². The Morgan fingerprint density at radius 3 is 2.81 bits per heavy atom. The van der Waals surface area contributed by atoms with E-state index in [9.17, 15) is 9.59 Å². The van der Waals surface area contributed by atoms with Gasteiger partial charge in [-0.3, -0.25) is 9.89 Å². The van der Waals surface area contributed by atoms with E-state index in [1.807, 2.05) is 31.2 Å². The summed E-state index contributed by atoms with van der Waals surface area (Å²) in [6.07, 6.45) is 0. The number of fused-ring (bicyclic) bond motifs is 1. The fourth-order valence-electron chi connectivity index (χ4n) is 1.97. The monoisotopic (exact) mass is 300 g/mol. The van der Waals surface area contributed by atoms with Crippen molar-refractivity contribution in [3.05, 3.63) is 51.8 Å². The van der Waals surface area contributed by atoms with Gasteiger partial charge in [-0.25, -0.2) is 4.79 Å². The number of aromatic nitrogens is 2. The third-order valence-electron chi connectivity index (χ3n) is 3.01. The largest absolute Gasteiger partial charge is 0.452 e. The fraction of sp³-hybridized carbons (Fsp3) is 0.133. The first-order valence-corrected chi connectivity index (χ1v) is 7.16. The molecule has 1 aromatic carbocycles. The van der Waals surface area contributed by atoms with Crippen LogP contribution in [0.5, 0.6) is 0 Å². The smallest absolute Gasteiger partial charge is 0.359 e. The lowest BCUT2D eigenvalue weighted by atomic mass is 10.2. The van der Waals surface area contributed by atoms with E-state index in [4.69, 9.17) is 4.74 Å². The maximum absolute atomic E-state index is 12.0. The molecule has 2 aromatic heterocycles. The van der Waals surface area contributed by atoms with Crippen molar-refractivity contribution >= 4 is 34.0 Å². The predicted octanol–water partition coefficient (Wildman–Crippen LogP) is 2.97. The third kappa shape index (κ3) is 2.71. The molecule has 0 radical (unpaired) electrons. The number of rotatable bonds is 4. The molecule has 3 aromatic rings. The van der Waals surface area contributed by atoms with Gasteiger partial charge in [0.1, 0.15) is 0 Å². The van der Waals surface area contributed by atoms with Crippen molar-refractivity contribution in [3.8, 4) is 0 Å². The van der Waals surface area contributed by atoms with Crippen LogP contribution >= 0.6 is 11.3 Å². The zero-order valence-corrected chi connectivity index (χ0v) is 12.1. The number of aromatic amines is 1. The molecule has 0 aliphatic rings. The molecule has 2 heterocycles. The van der Waals surface area contributed by atoms with Gasteiger partial charge < -0.3 is 4.74 Å². The molecule has 0 unspecified atom stereocenters. The number of para-hydroxylation sites is 1. The average molecular weight is 300 g/mol. The Balaban J connectivity index is 1.71. The topological polar surface area (TPSA) is 72.1 Å². The van der Waals surface area contributed by atoms with E-state index in [1.165, 1.54) is 11.3 Å². The second-order valence-electron chi connectivity index (χ2n) is 4.53. The van der Waals surface area contributed by atoms with Gasteiger partial charge >= 0.3 is 5.97 Å². The van der Waals surface area contributed by atoms with E-state index in [0.29, 0.717) is 10.3 Å². The zero-order valence-electron chi connectivity index (χ0n) is 11.3. The summed E-state index contributed by atoms with van der Waals surface area (Å²) in [5.74, 6) is -0.810. The number of ketones is 1. The third-order valence-corrected chi connectivity index (χ3v) is 4.05. The molecule has 5 nitrogen and oxygen atoms in total. The molecule has 6 heteroatoms. The maximum Gasteiger partial charge on any atom is 0.359 e. The summed E-state index contributed by atoms with van der Waals surface area (Å²) in [5.41, 5.74) is 0.949. The van der Waals surface area contributed by atoms with Crippen LogP contribution in [0.3, 0.4) is 0 Å². The quantitative estimate of drug-likeness (QED) is 0.594. The van der Waals surface area contributed by atoms with E-state index < -0.39 is 5.97 Å². The van der Waals surface area contributed by atoms with Crippen LogP contribution in [0.4, 0.5) is 0 Å². The Hall–Kier alpha value is -2.47. The number of Topliss-reactive ketones (excluding diaryl/α,β-unsaturated/α-hetero) is 1. The molecule has 106 valence electrons. The number of aryl methyl sites for hydroxylation is 1. The van der Waals surface area contributed by atoms with Crippen molar-refractivity contribution in [2.45, 2.75) is 6.92 Å². The summed E-state index contributed by atoms with van der Waals surface area (Å²) >= 11 is 1.38. The molecule has 0 amide bonds. The first-order chi connectivity index (χ1) is 10.1. The highest BCUT2D eigenvalue weighted by atomic mass is 32.1. The normalized spacial score (nSPS) is 10.7. The van der Waals surface area contributed by atoms with Gasteiger partial charge in [-0.05, 0) is 25.1 Å². The zero-order chi connectivity index (χ0) is 14.8. The number of thiophene rings is 1. The number of carbonyl (C=O) groups is 2. The number of nitrogens with one attached hydrogen (secondary N) is 1. The molecule has 0 aliphatic carbocycles. The predicted molar refractivity (Wildman–Crippen MR) is 79.8 cm³/mol. The summed E-state index contributed by atoms with van der Waals surface area (Å²) in [6, 6.07) is 10.9. The Morgan fingerprint density at radius 2 is 2.05 bits per heavy atom. The van der Waals surface area contributed by atoms with Gasteiger partial charge in [0.05, 0.1) is 10.4 Å². The molecule has 0 bridgehead atoms. The minimum atomic E-state index is -0.603. The van der Waals surface area contributed by atoms with E-state index in [2.05, 4.69) is 10.2 Å². The van der Waals surface area contributed by atoms with Gasteiger partial charge in [0, 0.05) is 10.3 Å².